The van der Waals surface area contributed by atoms with Crippen molar-refractivity contribution in [2.24, 2.45) is 0 Å². The fourth-order valence-corrected chi connectivity index (χ4v) is 0.969. The monoisotopic (exact) mass is 184 g/mol. The second kappa shape index (κ2) is 4.19. The van der Waals surface area contributed by atoms with Gasteiger partial charge in [0.15, 0.2) is 5.16 Å². The van der Waals surface area contributed by atoms with E-state index in [2.05, 4.69) is 22.3 Å². The van der Waals surface area contributed by atoms with Crippen LogP contribution in [0.4, 0.5) is 0 Å². The largest absolute Gasteiger partial charge is 0.229 e. The third kappa shape index (κ3) is 2.76. The normalized spacial score (nSPS) is 8.82. The smallest absolute Gasteiger partial charge is 0.192 e. The molecule has 0 amide bonds. The Morgan fingerprint density at radius 3 is 2.73 bits per heavy atom. The number of rotatable bonds is 2. The lowest BCUT2D eigenvalue weighted by molar-refractivity contribution is 0.972. The molecule has 0 spiro atoms. The van der Waals surface area contributed by atoms with Gasteiger partial charge in [-0.1, -0.05) is 18.2 Å². The van der Waals surface area contributed by atoms with Crippen LogP contribution >= 0.6 is 23.4 Å². The van der Waals surface area contributed by atoms with Gasteiger partial charge in [0.2, 0.25) is 0 Å². The predicted molar refractivity (Wildman–Crippen MR) is 46.6 cm³/mol. The lowest BCUT2D eigenvalue weighted by Gasteiger charge is -1.91. The summed E-state index contributed by atoms with van der Waals surface area (Å²) in [6, 6.07) is 0. The van der Waals surface area contributed by atoms with Crippen LogP contribution in [0.5, 0.6) is 0 Å². The van der Waals surface area contributed by atoms with Gasteiger partial charge in [0.25, 0.3) is 0 Å². The van der Waals surface area contributed by atoms with Gasteiger partial charge in [-0.2, -0.15) is 0 Å². The van der Waals surface area contributed by atoms with E-state index in [1.54, 1.807) is 17.8 Å². The summed E-state index contributed by atoms with van der Waals surface area (Å²) in [5.41, 5.74) is 2.61. The van der Waals surface area contributed by atoms with E-state index >= 15 is 0 Å². The van der Waals surface area contributed by atoms with Crippen LogP contribution in [0, 0.1) is 0 Å². The Morgan fingerprint density at radius 2 is 2.18 bits per heavy atom. The minimum atomic E-state index is 0.539. The van der Waals surface area contributed by atoms with E-state index in [-0.39, 0.29) is 0 Å². The number of halogens is 1. The van der Waals surface area contributed by atoms with E-state index in [0.717, 1.165) is 0 Å². The van der Waals surface area contributed by atoms with Gasteiger partial charge in [0.05, 0.1) is 17.4 Å². The lowest BCUT2D eigenvalue weighted by atomic mass is 10.7. The molecule has 1 rings (SSSR count). The summed E-state index contributed by atoms with van der Waals surface area (Å²) in [7, 11) is 0. The molecule has 56 valence electrons. The zero-order valence-electron chi connectivity index (χ0n) is 5.62. The van der Waals surface area contributed by atoms with E-state index in [4.69, 9.17) is 11.6 Å². The maximum atomic E-state index is 5.57. The molecule has 11 heavy (non-hydrogen) atoms. The first kappa shape index (κ1) is 8.34. The van der Waals surface area contributed by atoms with Crippen LogP contribution in [0.15, 0.2) is 35.3 Å². The van der Waals surface area contributed by atoms with Crippen LogP contribution in [-0.4, -0.2) is 9.97 Å². The molecule has 0 atom stereocenters. The van der Waals surface area contributed by atoms with Gasteiger partial charge < -0.3 is 0 Å². The summed E-state index contributed by atoms with van der Waals surface area (Å²) in [6.07, 6.45) is 3.10. The lowest BCUT2D eigenvalue weighted by Crippen LogP contribution is -1.81. The molecular formula is C7H5ClN2S. The molecule has 1 aromatic rings. The standard InChI is InChI=1S/C7H5ClN2S/c1-2-3-11-7-9-4-6(8)5-10-7/h3-5H,1H2. The Hall–Kier alpha value is -0.760. The maximum Gasteiger partial charge on any atom is 0.192 e. The van der Waals surface area contributed by atoms with Crippen LogP contribution in [0.3, 0.4) is 0 Å². The molecule has 0 radical (unpaired) electrons. The highest BCUT2D eigenvalue weighted by Gasteiger charge is 1.92. The van der Waals surface area contributed by atoms with Crippen molar-refractivity contribution in [1.29, 1.82) is 0 Å². The Kier molecular flexibility index (Phi) is 3.17. The van der Waals surface area contributed by atoms with Gasteiger partial charge in [-0.3, -0.25) is 0 Å². The molecule has 1 heterocycles. The highest BCUT2D eigenvalue weighted by atomic mass is 35.5. The molecule has 0 aliphatic carbocycles. The van der Waals surface area contributed by atoms with Crippen LogP contribution in [0.1, 0.15) is 0 Å². The predicted octanol–water partition coefficient (Wildman–Crippen LogP) is 2.52. The van der Waals surface area contributed by atoms with Crippen LogP contribution in [0.2, 0.25) is 5.02 Å². The highest BCUT2D eigenvalue weighted by molar-refractivity contribution is 8.02. The molecular weight excluding hydrogens is 180 g/mol. The van der Waals surface area contributed by atoms with Crippen molar-refractivity contribution in [2.75, 3.05) is 0 Å². The summed E-state index contributed by atoms with van der Waals surface area (Å²) in [5.74, 6) is 0. The van der Waals surface area contributed by atoms with Crippen molar-refractivity contribution in [3.63, 3.8) is 0 Å². The fourth-order valence-electron chi connectivity index (χ4n) is 0.456. The third-order valence-electron chi connectivity index (χ3n) is 0.844. The van der Waals surface area contributed by atoms with Crippen LogP contribution < -0.4 is 0 Å². The topological polar surface area (TPSA) is 25.8 Å². The van der Waals surface area contributed by atoms with Gasteiger partial charge in [0.1, 0.15) is 0 Å². The average molecular weight is 185 g/mol. The van der Waals surface area contributed by atoms with Gasteiger partial charge in [-0.15, -0.1) is 5.73 Å². The Bertz CT molecular complexity index is 277. The summed E-state index contributed by atoms with van der Waals surface area (Å²) in [6.45, 7) is 3.41. The molecule has 0 aliphatic rings. The van der Waals surface area contributed by atoms with E-state index in [0.29, 0.717) is 10.2 Å². The maximum absolute atomic E-state index is 5.57. The van der Waals surface area contributed by atoms with Crippen molar-refractivity contribution >= 4 is 23.4 Å². The first-order valence-electron chi connectivity index (χ1n) is 2.81. The molecule has 0 fully saturated rings. The van der Waals surface area contributed by atoms with Crippen LogP contribution in [0.25, 0.3) is 0 Å². The number of nitrogens with zero attached hydrogens (tertiary/aromatic N) is 2. The van der Waals surface area contributed by atoms with Gasteiger partial charge in [-0.25, -0.2) is 9.97 Å². The quantitative estimate of drug-likeness (QED) is 0.401. The fraction of sp³-hybridized carbons (Fsp3) is 0. The summed E-state index contributed by atoms with van der Waals surface area (Å²) < 4.78 is 0. The minimum Gasteiger partial charge on any atom is -0.229 e. The zero-order chi connectivity index (χ0) is 8.10. The van der Waals surface area contributed by atoms with E-state index in [1.807, 2.05) is 0 Å². The molecule has 2 nitrogen and oxygen atoms in total. The van der Waals surface area contributed by atoms with Crippen molar-refractivity contribution in [3.05, 3.63) is 35.1 Å². The molecule has 0 N–H and O–H groups in total. The summed E-state index contributed by atoms with van der Waals surface area (Å²) in [4.78, 5) is 7.87. The van der Waals surface area contributed by atoms with Crippen molar-refractivity contribution in [1.82, 2.24) is 9.97 Å². The van der Waals surface area contributed by atoms with Gasteiger partial charge >= 0.3 is 0 Å². The first-order valence-corrected chi connectivity index (χ1v) is 4.07. The molecule has 0 aromatic carbocycles. The third-order valence-corrected chi connectivity index (χ3v) is 1.75. The number of hydrogen-bond acceptors (Lipinski definition) is 3. The molecule has 0 saturated carbocycles. The second-order valence-corrected chi connectivity index (χ2v) is 2.90. The molecule has 0 aliphatic heterocycles. The zero-order valence-corrected chi connectivity index (χ0v) is 7.19. The van der Waals surface area contributed by atoms with Crippen LogP contribution in [-0.2, 0) is 0 Å². The summed E-state index contributed by atoms with van der Waals surface area (Å²) >= 11 is 6.92. The Balaban J connectivity index is 2.73. The van der Waals surface area contributed by atoms with Gasteiger partial charge in [0, 0.05) is 5.41 Å². The highest BCUT2D eigenvalue weighted by Crippen LogP contribution is 2.13. The minimum absolute atomic E-state index is 0.539. The van der Waals surface area contributed by atoms with Crippen molar-refractivity contribution < 1.29 is 0 Å². The Labute approximate surface area is 74.0 Å². The Morgan fingerprint density at radius 1 is 1.55 bits per heavy atom. The molecule has 1 aromatic heterocycles. The van der Waals surface area contributed by atoms with Gasteiger partial charge in [-0.05, 0) is 11.8 Å². The van der Waals surface area contributed by atoms with Crippen molar-refractivity contribution in [3.8, 4) is 0 Å². The average Bonchev–Trinajstić information content (AvgIpc) is 2.04. The molecule has 0 unspecified atom stereocenters. The summed E-state index contributed by atoms with van der Waals surface area (Å²) in [5, 5.41) is 2.87. The van der Waals surface area contributed by atoms with E-state index in [1.165, 1.54) is 11.8 Å². The first-order chi connectivity index (χ1) is 5.33. The SMILES string of the molecule is C=C=CSc1ncc(Cl)cn1. The van der Waals surface area contributed by atoms with E-state index < -0.39 is 0 Å². The second-order valence-electron chi connectivity index (χ2n) is 1.62. The number of aromatic nitrogens is 2. The number of thioether (sulfide) groups is 1. The van der Waals surface area contributed by atoms with Crippen molar-refractivity contribution in [2.45, 2.75) is 5.16 Å². The molecule has 0 bridgehead atoms. The molecule has 4 heteroatoms. The number of hydrogen-bond donors (Lipinski definition) is 0. The van der Waals surface area contributed by atoms with E-state index in [9.17, 15) is 0 Å². The molecule has 0 saturated heterocycles.